The van der Waals surface area contributed by atoms with Crippen molar-refractivity contribution in [1.29, 1.82) is 0 Å². The van der Waals surface area contributed by atoms with Crippen molar-refractivity contribution >= 4 is 33.3 Å². The molecule has 1 N–H and O–H groups in total. The van der Waals surface area contributed by atoms with E-state index in [1.165, 1.54) is 5.56 Å². The Bertz CT molecular complexity index is 337. The van der Waals surface area contributed by atoms with Gasteiger partial charge in [0.1, 0.15) is 0 Å². The van der Waals surface area contributed by atoms with E-state index in [4.69, 9.17) is 12.2 Å². The van der Waals surface area contributed by atoms with Crippen LogP contribution in [0, 0.1) is 0 Å². The lowest BCUT2D eigenvalue weighted by molar-refractivity contribution is 0.489. The highest BCUT2D eigenvalue weighted by Crippen LogP contribution is 2.11. The molecule has 0 saturated carbocycles. The Morgan fingerprint density at radius 2 is 2.00 bits per heavy atom. The molecule has 0 spiro atoms. The quantitative estimate of drug-likeness (QED) is 0.860. The predicted molar refractivity (Wildman–Crippen MR) is 76.5 cm³/mol. The third kappa shape index (κ3) is 4.49. The second kappa shape index (κ2) is 6.86. The maximum absolute atomic E-state index is 5.27. The van der Waals surface area contributed by atoms with E-state index in [-0.39, 0.29) is 0 Å². The van der Waals surface area contributed by atoms with E-state index >= 15 is 0 Å². The highest BCUT2D eigenvalue weighted by molar-refractivity contribution is 9.10. The minimum atomic E-state index is 0.810. The second-order valence-electron chi connectivity index (χ2n) is 3.71. The van der Waals surface area contributed by atoms with Crippen molar-refractivity contribution in [1.82, 2.24) is 10.2 Å². The topological polar surface area (TPSA) is 15.3 Å². The van der Waals surface area contributed by atoms with E-state index in [1.807, 2.05) is 24.1 Å². The monoisotopic (exact) mass is 300 g/mol. The molecule has 0 aliphatic rings. The number of hydrogen-bond acceptors (Lipinski definition) is 1. The third-order valence-electron chi connectivity index (χ3n) is 2.21. The first kappa shape index (κ1) is 13.5. The molecule has 4 heteroatoms. The maximum Gasteiger partial charge on any atom is 0.168 e. The van der Waals surface area contributed by atoms with Crippen LogP contribution < -0.4 is 5.32 Å². The molecule has 1 aromatic rings. The Morgan fingerprint density at radius 1 is 1.38 bits per heavy atom. The van der Waals surface area contributed by atoms with E-state index in [9.17, 15) is 0 Å². The summed E-state index contributed by atoms with van der Waals surface area (Å²) in [4.78, 5) is 2.05. The van der Waals surface area contributed by atoms with Crippen molar-refractivity contribution in [2.24, 2.45) is 0 Å². The van der Waals surface area contributed by atoms with E-state index in [0.29, 0.717) is 0 Å². The molecular weight excluding hydrogens is 284 g/mol. The van der Waals surface area contributed by atoms with Gasteiger partial charge in [-0.15, -0.1) is 0 Å². The van der Waals surface area contributed by atoms with Crippen LogP contribution in [0.1, 0.15) is 18.9 Å². The summed E-state index contributed by atoms with van der Waals surface area (Å²) in [5.41, 5.74) is 1.26. The molecule has 0 atom stereocenters. The van der Waals surface area contributed by atoms with Crippen molar-refractivity contribution in [2.45, 2.75) is 19.9 Å². The first-order chi connectivity index (χ1) is 7.63. The maximum atomic E-state index is 5.27. The summed E-state index contributed by atoms with van der Waals surface area (Å²) in [7, 11) is 2.01. The molecule has 0 heterocycles. The highest BCUT2D eigenvalue weighted by Gasteiger charge is 2.03. The number of halogens is 1. The van der Waals surface area contributed by atoms with Gasteiger partial charge in [-0.2, -0.15) is 0 Å². The van der Waals surface area contributed by atoms with Crippen molar-refractivity contribution in [3.63, 3.8) is 0 Å². The lowest BCUT2D eigenvalue weighted by Gasteiger charge is -2.20. The molecule has 88 valence electrons. The van der Waals surface area contributed by atoms with Gasteiger partial charge in [-0.3, -0.25) is 0 Å². The molecule has 1 rings (SSSR count). The average molecular weight is 301 g/mol. The Balaban J connectivity index is 2.47. The number of rotatable bonds is 4. The van der Waals surface area contributed by atoms with Crippen LogP contribution in [-0.4, -0.2) is 23.6 Å². The minimum absolute atomic E-state index is 0.810. The molecular formula is C12H17BrN2S. The number of hydrogen-bond donors (Lipinski definition) is 1. The molecule has 0 fully saturated rings. The van der Waals surface area contributed by atoms with Gasteiger partial charge in [0.2, 0.25) is 0 Å². The van der Waals surface area contributed by atoms with Crippen LogP contribution in [0.15, 0.2) is 28.7 Å². The summed E-state index contributed by atoms with van der Waals surface area (Å²) in [5, 5.41) is 4.02. The van der Waals surface area contributed by atoms with Crippen molar-refractivity contribution < 1.29 is 0 Å². The first-order valence-corrected chi connectivity index (χ1v) is 6.57. The third-order valence-corrected chi connectivity index (χ3v) is 3.19. The van der Waals surface area contributed by atoms with E-state index in [1.54, 1.807) is 0 Å². The number of benzene rings is 1. The van der Waals surface area contributed by atoms with Gasteiger partial charge in [0.15, 0.2) is 5.11 Å². The Morgan fingerprint density at radius 3 is 2.56 bits per heavy atom. The molecule has 0 bridgehead atoms. The van der Waals surface area contributed by atoms with Crippen molar-refractivity contribution in [3.8, 4) is 0 Å². The van der Waals surface area contributed by atoms with Crippen LogP contribution in [0.2, 0.25) is 0 Å². The van der Waals surface area contributed by atoms with E-state index < -0.39 is 0 Å². The summed E-state index contributed by atoms with van der Waals surface area (Å²) in [6, 6.07) is 8.30. The lowest BCUT2D eigenvalue weighted by atomic mass is 10.2. The van der Waals surface area contributed by atoms with Crippen molar-refractivity contribution in [3.05, 3.63) is 34.3 Å². The minimum Gasteiger partial charge on any atom is -0.363 e. The Kier molecular flexibility index (Phi) is 5.77. The van der Waals surface area contributed by atoms with Gasteiger partial charge in [0.05, 0.1) is 0 Å². The summed E-state index contributed by atoms with van der Waals surface area (Å²) < 4.78 is 1.10. The van der Waals surface area contributed by atoms with Gasteiger partial charge in [-0.25, -0.2) is 0 Å². The number of nitrogens with one attached hydrogen (secondary N) is 1. The summed E-state index contributed by atoms with van der Waals surface area (Å²) in [6.07, 6.45) is 1.09. The highest BCUT2D eigenvalue weighted by atomic mass is 79.9. The van der Waals surface area contributed by atoms with Gasteiger partial charge >= 0.3 is 0 Å². The van der Waals surface area contributed by atoms with Gasteiger partial charge in [0.25, 0.3) is 0 Å². The molecule has 0 unspecified atom stereocenters. The van der Waals surface area contributed by atoms with E-state index in [2.05, 4.69) is 40.3 Å². The molecule has 16 heavy (non-hydrogen) atoms. The van der Waals surface area contributed by atoms with Gasteiger partial charge in [-0.05, 0) is 36.3 Å². The van der Waals surface area contributed by atoms with Gasteiger partial charge in [-0.1, -0.05) is 35.0 Å². The van der Waals surface area contributed by atoms with Crippen LogP contribution in [0.3, 0.4) is 0 Å². The van der Waals surface area contributed by atoms with Crippen LogP contribution in [0.5, 0.6) is 0 Å². The molecule has 0 aromatic heterocycles. The first-order valence-electron chi connectivity index (χ1n) is 5.37. The molecule has 0 aliphatic heterocycles. The van der Waals surface area contributed by atoms with Crippen LogP contribution in [0.4, 0.5) is 0 Å². The largest absolute Gasteiger partial charge is 0.363 e. The zero-order chi connectivity index (χ0) is 12.0. The van der Waals surface area contributed by atoms with Crippen LogP contribution >= 0.6 is 28.1 Å². The van der Waals surface area contributed by atoms with Crippen LogP contribution in [-0.2, 0) is 6.54 Å². The fraction of sp³-hybridized carbons (Fsp3) is 0.417. The lowest BCUT2D eigenvalue weighted by Crippen LogP contribution is -2.36. The molecule has 0 amide bonds. The van der Waals surface area contributed by atoms with E-state index in [0.717, 1.165) is 29.1 Å². The van der Waals surface area contributed by atoms with Gasteiger partial charge < -0.3 is 10.2 Å². The van der Waals surface area contributed by atoms with Crippen LogP contribution in [0.25, 0.3) is 0 Å². The fourth-order valence-corrected chi connectivity index (χ4v) is 1.73. The smallest absolute Gasteiger partial charge is 0.168 e. The second-order valence-corrected chi connectivity index (χ2v) is 5.02. The predicted octanol–water partition coefficient (Wildman–Crippen LogP) is 3.17. The molecule has 0 saturated heterocycles. The summed E-state index contributed by atoms with van der Waals surface area (Å²) in [5.74, 6) is 0. The Labute approximate surface area is 111 Å². The van der Waals surface area contributed by atoms with Crippen molar-refractivity contribution in [2.75, 3.05) is 13.6 Å². The SMILES string of the molecule is CCCNC(=S)N(C)Cc1ccc(Br)cc1. The standard InChI is InChI=1S/C12H17BrN2S/c1-3-8-14-12(16)15(2)9-10-4-6-11(13)7-5-10/h4-7H,3,8-9H2,1-2H3,(H,14,16). The zero-order valence-electron chi connectivity index (χ0n) is 9.66. The normalized spacial score (nSPS) is 9.94. The molecule has 0 aliphatic carbocycles. The Hall–Kier alpha value is -0.610. The molecule has 2 nitrogen and oxygen atoms in total. The molecule has 0 radical (unpaired) electrons. The zero-order valence-corrected chi connectivity index (χ0v) is 12.1. The number of thiocarbonyl (C=S) groups is 1. The summed E-state index contributed by atoms with van der Waals surface area (Å²) in [6.45, 7) is 3.90. The fourth-order valence-electron chi connectivity index (χ4n) is 1.30. The number of nitrogens with zero attached hydrogens (tertiary/aromatic N) is 1. The summed E-state index contributed by atoms with van der Waals surface area (Å²) >= 11 is 8.70. The molecule has 1 aromatic carbocycles. The average Bonchev–Trinajstić information content (AvgIpc) is 2.29. The van der Waals surface area contributed by atoms with Gasteiger partial charge in [0, 0.05) is 24.6 Å².